The summed E-state index contributed by atoms with van der Waals surface area (Å²) in [6, 6.07) is 11.8. The molecular formula is C34H36F3N3O6. The van der Waals surface area contributed by atoms with Gasteiger partial charge in [0, 0.05) is 23.8 Å². The molecule has 0 N–H and O–H groups in total. The first-order valence-electron chi connectivity index (χ1n) is 15.7. The van der Waals surface area contributed by atoms with Crippen LogP contribution in [-0.2, 0) is 36.8 Å². The summed E-state index contributed by atoms with van der Waals surface area (Å²) in [7, 11) is 0. The fourth-order valence-corrected chi connectivity index (χ4v) is 7.75. The molecule has 5 fully saturated rings. The van der Waals surface area contributed by atoms with Gasteiger partial charge < -0.3 is 14.2 Å². The van der Waals surface area contributed by atoms with Crippen molar-refractivity contribution in [3.63, 3.8) is 0 Å². The second-order valence-corrected chi connectivity index (χ2v) is 13.0. The predicted octanol–water partition coefficient (Wildman–Crippen LogP) is 6.91. The third-order valence-corrected chi connectivity index (χ3v) is 10.1. The van der Waals surface area contributed by atoms with Gasteiger partial charge in [-0.25, -0.2) is 14.5 Å². The lowest BCUT2D eigenvalue weighted by atomic mass is 9.58. The van der Waals surface area contributed by atoms with Gasteiger partial charge in [-0.3, -0.25) is 4.79 Å². The number of hydrogen-bond acceptors (Lipinski definition) is 8. The number of benzene rings is 2. The zero-order valence-electron chi connectivity index (χ0n) is 25.8. The van der Waals surface area contributed by atoms with Crippen molar-refractivity contribution in [3.05, 3.63) is 83.2 Å². The van der Waals surface area contributed by atoms with Crippen LogP contribution in [0, 0.1) is 23.7 Å². The molecule has 1 aliphatic carbocycles. The van der Waals surface area contributed by atoms with Crippen molar-refractivity contribution in [2.24, 2.45) is 23.7 Å². The summed E-state index contributed by atoms with van der Waals surface area (Å²) in [5, 5.41) is 8.47. The first kappa shape index (κ1) is 31.2. The number of rotatable bonds is 7. The largest absolute Gasteiger partial charge is 0.416 e. The molecule has 4 aliphatic heterocycles. The van der Waals surface area contributed by atoms with Crippen LogP contribution < -0.4 is 0 Å². The highest BCUT2D eigenvalue weighted by Crippen LogP contribution is 2.60. The molecule has 8 rings (SSSR count). The SMILES string of the molecule is C[C@H]1[C@@H](OCc2cn(-c3ccccc3C(=O)/C=C/c3ccccc3C(F)(F)F)nn2)O[C@@H]2O[C@@]3(C)CC[C@H]4[C@H](C)CC[C@@H]1[C@@]24OO3. The molecule has 244 valence electrons. The van der Waals surface area contributed by atoms with Gasteiger partial charge in [0.25, 0.3) is 0 Å². The van der Waals surface area contributed by atoms with Gasteiger partial charge in [-0.2, -0.15) is 13.2 Å². The Hall–Kier alpha value is -3.42. The number of allylic oxidation sites excluding steroid dienone is 1. The second kappa shape index (κ2) is 11.7. The van der Waals surface area contributed by atoms with Crippen molar-refractivity contribution in [1.29, 1.82) is 0 Å². The number of alkyl halides is 3. The summed E-state index contributed by atoms with van der Waals surface area (Å²) in [6.45, 7) is 6.35. The van der Waals surface area contributed by atoms with E-state index in [2.05, 4.69) is 24.2 Å². The third-order valence-electron chi connectivity index (χ3n) is 10.1. The topological polar surface area (TPSA) is 93.9 Å². The highest BCUT2D eigenvalue weighted by Gasteiger charge is 2.69. The summed E-state index contributed by atoms with van der Waals surface area (Å²) in [4.78, 5) is 25.3. The third kappa shape index (κ3) is 5.39. The van der Waals surface area contributed by atoms with E-state index in [-0.39, 0.29) is 35.5 Å². The van der Waals surface area contributed by atoms with Gasteiger partial charge in [0.1, 0.15) is 5.69 Å². The van der Waals surface area contributed by atoms with Crippen LogP contribution in [-0.4, -0.2) is 44.7 Å². The van der Waals surface area contributed by atoms with Crippen LogP contribution in [0.25, 0.3) is 11.8 Å². The standard InChI is InChI=1S/C34H36F3N3O6/c1-20-12-14-26-21(2)30(43-31-33(26)25(20)16-17-32(3,44-31)45-46-33)42-19-23-18-40(39-38-23)28-11-7-5-9-24(28)29(41)15-13-22-8-4-6-10-27(22)34(35,36)37/h4-11,13,15,18,20-21,25-26,30-31H,12,14,16-17,19H2,1-3H3/b15-13+/t20-,21-,25+,26+,30+,31-,32-,33-/m1/s1. The highest BCUT2D eigenvalue weighted by atomic mass is 19.4. The summed E-state index contributed by atoms with van der Waals surface area (Å²) in [5.74, 6) is -0.547. The van der Waals surface area contributed by atoms with Gasteiger partial charge in [0.05, 0.1) is 24.1 Å². The molecule has 0 radical (unpaired) electrons. The first-order chi connectivity index (χ1) is 22.0. The summed E-state index contributed by atoms with van der Waals surface area (Å²) < 4.78 is 60.9. The van der Waals surface area contributed by atoms with Crippen LogP contribution in [0.4, 0.5) is 13.2 Å². The maximum Gasteiger partial charge on any atom is 0.416 e. The summed E-state index contributed by atoms with van der Waals surface area (Å²) in [5.41, 5.74) is -0.397. The van der Waals surface area contributed by atoms with Crippen LogP contribution in [0.1, 0.15) is 73.6 Å². The maximum atomic E-state index is 13.4. The lowest BCUT2D eigenvalue weighted by molar-refractivity contribution is -0.577. The molecule has 1 aromatic heterocycles. The van der Waals surface area contributed by atoms with Gasteiger partial charge in [-0.05, 0) is 67.9 Å². The molecule has 2 aromatic carbocycles. The monoisotopic (exact) mass is 639 g/mol. The van der Waals surface area contributed by atoms with E-state index in [1.807, 2.05) is 6.92 Å². The second-order valence-electron chi connectivity index (χ2n) is 13.0. The van der Waals surface area contributed by atoms with Crippen molar-refractivity contribution in [2.75, 3.05) is 0 Å². The Kier molecular flexibility index (Phi) is 7.92. The normalized spacial score (nSPS) is 34.0. The van der Waals surface area contributed by atoms with Gasteiger partial charge in [-0.1, -0.05) is 55.5 Å². The predicted molar refractivity (Wildman–Crippen MR) is 158 cm³/mol. The Morgan fingerprint density at radius 1 is 1.07 bits per heavy atom. The molecule has 5 heterocycles. The number of para-hydroxylation sites is 1. The average Bonchev–Trinajstić information content (AvgIpc) is 3.40. The van der Waals surface area contributed by atoms with Crippen LogP contribution in [0.15, 0.2) is 60.8 Å². The Balaban J connectivity index is 1.07. The molecule has 12 heteroatoms. The molecule has 1 spiro atoms. The van der Waals surface area contributed by atoms with E-state index >= 15 is 0 Å². The van der Waals surface area contributed by atoms with Crippen molar-refractivity contribution in [3.8, 4) is 5.69 Å². The molecule has 1 saturated carbocycles. The average molecular weight is 640 g/mol. The van der Waals surface area contributed by atoms with Crippen molar-refractivity contribution in [1.82, 2.24) is 15.0 Å². The Morgan fingerprint density at radius 3 is 2.67 bits per heavy atom. The van der Waals surface area contributed by atoms with E-state index in [0.717, 1.165) is 37.8 Å². The number of hydrogen-bond donors (Lipinski definition) is 0. The van der Waals surface area contributed by atoms with E-state index in [4.69, 9.17) is 24.0 Å². The Morgan fingerprint density at radius 2 is 1.85 bits per heavy atom. The van der Waals surface area contributed by atoms with Crippen LogP contribution in [0.3, 0.4) is 0 Å². The van der Waals surface area contributed by atoms with Crippen LogP contribution >= 0.6 is 0 Å². The number of ketones is 1. The maximum absolute atomic E-state index is 13.4. The minimum absolute atomic E-state index is 0.0106. The number of halogens is 3. The molecule has 0 unspecified atom stereocenters. The Labute approximate surface area is 264 Å². The van der Waals surface area contributed by atoms with Crippen molar-refractivity contribution < 1.29 is 42.0 Å². The number of carbonyl (C=O) groups is 1. The fourth-order valence-electron chi connectivity index (χ4n) is 7.75. The Bertz CT molecular complexity index is 1640. The lowest BCUT2D eigenvalue weighted by Gasteiger charge is -2.60. The smallest absolute Gasteiger partial charge is 0.346 e. The molecule has 2 bridgehead atoms. The van der Waals surface area contributed by atoms with E-state index in [1.54, 1.807) is 30.5 Å². The summed E-state index contributed by atoms with van der Waals surface area (Å²) >= 11 is 0. The van der Waals surface area contributed by atoms with E-state index in [1.165, 1.54) is 29.0 Å². The fraction of sp³-hybridized carbons (Fsp3) is 0.500. The zero-order chi connectivity index (χ0) is 32.3. The molecule has 8 atom stereocenters. The van der Waals surface area contributed by atoms with Gasteiger partial charge >= 0.3 is 6.18 Å². The minimum atomic E-state index is -4.54. The van der Waals surface area contributed by atoms with E-state index in [9.17, 15) is 18.0 Å². The number of carbonyl (C=O) groups excluding carboxylic acids is 1. The van der Waals surface area contributed by atoms with Crippen LogP contribution in [0.5, 0.6) is 0 Å². The summed E-state index contributed by atoms with van der Waals surface area (Å²) in [6.07, 6.45) is 1.91. The number of fused-ring (bicyclic) bond motifs is 2. The molecule has 0 amide bonds. The molecule has 4 saturated heterocycles. The van der Waals surface area contributed by atoms with Crippen molar-refractivity contribution in [2.45, 2.75) is 83.2 Å². The highest BCUT2D eigenvalue weighted by molar-refractivity contribution is 6.09. The number of aromatic nitrogens is 3. The number of nitrogens with zero attached hydrogens (tertiary/aromatic N) is 3. The van der Waals surface area contributed by atoms with Crippen LogP contribution in [0.2, 0.25) is 0 Å². The lowest BCUT2D eigenvalue weighted by Crippen LogP contribution is -2.70. The molecule has 5 aliphatic rings. The number of ether oxygens (including phenoxy) is 3. The van der Waals surface area contributed by atoms with Gasteiger partial charge in [0.15, 0.2) is 24.0 Å². The first-order valence-corrected chi connectivity index (χ1v) is 15.7. The molecule has 9 nitrogen and oxygen atoms in total. The van der Waals surface area contributed by atoms with E-state index < -0.39 is 41.5 Å². The van der Waals surface area contributed by atoms with Gasteiger partial charge in [0.2, 0.25) is 5.79 Å². The molecular weight excluding hydrogens is 603 g/mol. The van der Waals surface area contributed by atoms with Gasteiger partial charge in [-0.15, -0.1) is 5.10 Å². The quantitative estimate of drug-likeness (QED) is 0.157. The minimum Gasteiger partial charge on any atom is -0.346 e. The zero-order valence-corrected chi connectivity index (χ0v) is 25.8. The van der Waals surface area contributed by atoms with E-state index in [0.29, 0.717) is 17.3 Å². The van der Waals surface area contributed by atoms with Crippen molar-refractivity contribution >= 4 is 11.9 Å². The molecule has 3 aromatic rings. The molecule has 46 heavy (non-hydrogen) atoms.